The molecule has 0 fully saturated rings. The average molecular weight is 376 g/mol. The van der Waals surface area contributed by atoms with Crippen molar-refractivity contribution in [3.63, 3.8) is 0 Å². The normalized spacial score (nSPS) is 11.3. The van der Waals surface area contributed by atoms with E-state index in [1.54, 1.807) is 23.6 Å². The molecule has 0 saturated heterocycles. The van der Waals surface area contributed by atoms with E-state index < -0.39 is 11.7 Å². The molecule has 3 aromatic rings. The van der Waals surface area contributed by atoms with Crippen molar-refractivity contribution in [2.45, 2.75) is 19.1 Å². The fourth-order valence-corrected chi connectivity index (χ4v) is 3.27. The number of benzene rings is 1. The summed E-state index contributed by atoms with van der Waals surface area (Å²) < 4.78 is 38.2. The van der Waals surface area contributed by atoms with Gasteiger partial charge in [-0.15, -0.1) is 11.3 Å². The highest BCUT2D eigenvalue weighted by molar-refractivity contribution is 7.13. The van der Waals surface area contributed by atoms with Gasteiger partial charge in [0.15, 0.2) is 0 Å². The maximum Gasteiger partial charge on any atom is 0.416 e. The number of nitrogens with one attached hydrogen (secondary N) is 1. The minimum atomic E-state index is -4.42. The highest BCUT2D eigenvalue weighted by Gasteiger charge is 2.30. The van der Waals surface area contributed by atoms with Crippen LogP contribution in [0.4, 0.5) is 13.2 Å². The van der Waals surface area contributed by atoms with Crippen LogP contribution >= 0.6 is 11.3 Å². The summed E-state index contributed by atoms with van der Waals surface area (Å²) in [4.78, 5) is 17.5. The maximum atomic E-state index is 12.7. The van der Waals surface area contributed by atoms with Gasteiger partial charge in [-0.2, -0.15) is 13.2 Å². The number of halogens is 3. The van der Waals surface area contributed by atoms with Gasteiger partial charge in [-0.3, -0.25) is 9.78 Å². The predicted octanol–water partition coefficient (Wildman–Crippen LogP) is 4.69. The zero-order valence-electron chi connectivity index (χ0n) is 13.6. The van der Waals surface area contributed by atoms with Crippen molar-refractivity contribution in [1.82, 2.24) is 10.3 Å². The highest BCUT2D eigenvalue weighted by Crippen LogP contribution is 2.29. The molecular weight excluding hydrogens is 361 g/mol. The minimum Gasteiger partial charge on any atom is -0.352 e. The summed E-state index contributed by atoms with van der Waals surface area (Å²) in [6, 6.07) is 12.3. The summed E-state index contributed by atoms with van der Waals surface area (Å²) >= 11 is 1.55. The van der Waals surface area contributed by atoms with Crippen molar-refractivity contribution in [3.05, 3.63) is 76.8 Å². The number of carbonyl (C=O) groups excluding carboxylic acids is 1. The average Bonchev–Trinajstić information content (AvgIpc) is 3.14. The van der Waals surface area contributed by atoms with Gasteiger partial charge in [-0.1, -0.05) is 30.3 Å². The summed E-state index contributed by atoms with van der Waals surface area (Å²) in [5.74, 6) is -0.342. The van der Waals surface area contributed by atoms with E-state index in [2.05, 4.69) is 10.3 Å². The smallest absolute Gasteiger partial charge is 0.352 e. The zero-order valence-corrected chi connectivity index (χ0v) is 14.4. The van der Waals surface area contributed by atoms with E-state index in [0.717, 1.165) is 28.3 Å². The molecule has 3 rings (SSSR count). The van der Waals surface area contributed by atoms with Crippen molar-refractivity contribution < 1.29 is 18.0 Å². The maximum absolute atomic E-state index is 12.7. The Morgan fingerprint density at radius 2 is 1.96 bits per heavy atom. The molecule has 0 bridgehead atoms. The number of hydrogen-bond acceptors (Lipinski definition) is 3. The Balaban J connectivity index is 1.66. The largest absolute Gasteiger partial charge is 0.416 e. The first-order valence-corrected chi connectivity index (χ1v) is 8.72. The quantitative estimate of drug-likeness (QED) is 0.702. The lowest BCUT2D eigenvalue weighted by Gasteiger charge is -2.10. The minimum absolute atomic E-state index is 0.113. The molecule has 0 aliphatic heterocycles. The van der Waals surface area contributed by atoms with Crippen LogP contribution in [0, 0.1) is 0 Å². The number of pyridine rings is 1. The summed E-state index contributed by atoms with van der Waals surface area (Å²) in [7, 11) is 0. The standard InChI is InChI=1S/C19H15F3N2OS/c20-19(21,22)15-6-1-4-13(10-15)11-17(25)24-12-14-5-2-8-23-18(14)16-7-3-9-26-16/h1-10H,11-12H2,(H,24,25). The van der Waals surface area contributed by atoms with Crippen LogP contribution in [0.2, 0.25) is 0 Å². The van der Waals surface area contributed by atoms with E-state index in [4.69, 9.17) is 0 Å². The van der Waals surface area contributed by atoms with Gasteiger partial charge in [-0.25, -0.2) is 0 Å². The first-order chi connectivity index (χ1) is 12.4. The lowest BCUT2D eigenvalue weighted by molar-refractivity contribution is -0.137. The number of alkyl halides is 3. The molecule has 3 nitrogen and oxygen atoms in total. The number of aromatic nitrogens is 1. The molecule has 2 heterocycles. The molecular formula is C19H15F3N2OS. The SMILES string of the molecule is O=C(Cc1cccc(C(F)(F)F)c1)NCc1cccnc1-c1cccs1. The zero-order chi connectivity index (χ0) is 18.6. The van der Waals surface area contributed by atoms with Gasteiger partial charge in [-0.05, 0) is 34.7 Å². The van der Waals surface area contributed by atoms with Crippen molar-refractivity contribution in [1.29, 1.82) is 0 Å². The van der Waals surface area contributed by atoms with E-state index in [1.165, 1.54) is 12.1 Å². The Hall–Kier alpha value is -2.67. The van der Waals surface area contributed by atoms with Crippen LogP contribution in [0.25, 0.3) is 10.6 Å². The van der Waals surface area contributed by atoms with Crippen molar-refractivity contribution in [2.75, 3.05) is 0 Å². The first kappa shape index (κ1) is 18.1. The molecule has 0 radical (unpaired) electrons. The van der Waals surface area contributed by atoms with E-state index in [9.17, 15) is 18.0 Å². The summed E-state index contributed by atoms with van der Waals surface area (Å²) in [6.45, 7) is 0.263. The van der Waals surface area contributed by atoms with Crippen LogP contribution < -0.4 is 5.32 Å². The Labute approximate surface area is 152 Å². The molecule has 0 aliphatic rings. The molecule has 1 N–H and O–H groups in total. The predicted molar refractivity (Wildman–Crippen MR) is 94.5 cm³/mol. The Kier molecular flexibility index (Phi) is 5.37. The number of nitrogens with zero attached hydrogens (tertiary/aromatic N) is 1. The topological polar surface area (TPSA) is 42.0 Å². The lowest BCUT2D eigenvalue weighted by Crippen LogP contribution is -2.25. The molecule has 134 valence electrons. The lowest BCUT2D eigenvalue weighted by atomic mass is 10.1. The molecule has 0 unspecified atom stereocenters. The molecule has 7 heteroatoms. The van der Waals surface area contributed by atoms with Gasteiger partial charge in [0.05, 0.1) is 22.6 Å². The van der Waals surface area contributed by atoms with E-state index >= 15 is 0 Å². The number of hydrogen-bond donors (Lipinski definition) is 1. The molecule has 26 heavy (non-hydrogen) atoms. The van der Waals surface area contributed by atoms with E-state index in [-0.39, 0.29) is 18.9 Å². The Morgan fingerprint density at radius 3 is 2.69 bits per heavy atom. The van der Waals surface area contributed by atoms with Gasteiger partial charge >= 0.3 is 6.18 Å². The fraction of sp³-hybridized carbons (Fsp3) is 0.158. The van der Waals surface area contributed by atoms with Gasteiger partial charge in [0.25, 0.3) is 0 Å². The molecule has 0 atom stereocenters. The van der Waals surface area contributed by atoms with Crippen molar-refractivity contribution in [3.8, 4) is 10.6 Å². The highest BCUT2D eigenvalue weighted by atomic mass is 32.1. The molecule has 2 aromatic heterocycles. The summed E-state index contributed by atoms with van der Waals surface area (Å²) in [5.41, 5.74) is 1.21. The van der Waals surface area contributed by atoms with Crippen molar-refractivity contribution in [2.24, 2.45) is 0 Å². The van der Waals surface area contributed by atoms with Gasteiger partial charge < -0.3 is 5.32 Å². The number of carbonyl (C=O) groups is 1. The van der Waals surface area contributed by atoms with E-state index in [0.29, 0.717) is 5.56 Å². The van der Waals surface area contributed by atoms with E-state index in [1.807, 2.05) is 23.6 Å². The van der Waals surface area contributed by atoms with Crippen LogP contribution in [0.5, 0.6) is 0 Å². The second-order valence-electron chi connectivity index (χ2n) is 5.64. The third-order valence-electron chi connectivity index (χ3n) is 3.74. The molecule has 0 aliphatic carbocycles. The second-order valence-corrected chi connectivity index (χ2v) is 6.59. The Morgan fingerprint density at radius 1 is 1.12 bits per heavy atom. The van der Waals surface area contributed by atoms with Crippen molar-refractivity contribution >= 4 is 17.2 Å². The van der Waals surface area contributed by atoms with Crippen LogP contribution in [0.1, 0.15) is 16.7 Å². The molecule has 1 aromatic carbocycles. The molecule has 0 saturated carbocycles. The molecule has 1 amide bonds. The van der Waals surface area contributed by atoms with Gasteiger partial charge in [0, 0.05) is 12.7 Å². The first-order valence-electron chi connectivity index (χ1n) is 7.84. The third-order valence-corrected chi connectivity index (χ3v) is 4.62. The van der Waals surface area contributed by atoms with Crippen LogP contribution in [-0.4, -0.2) is 10.9 Å². The number of rotatable bonds is 5. The van der Waals surface area contributed by atoms with Crippen LogP contribution in [0.15, 0.2) is 60.1 Å². The second kappa shape index (κ2) is 7.70. The summed E-state index contributed by atoms with van der Waals surface area (Å²) in [5, 5.41) is 4.70. The number of amides is 1. The Bertz CT molecular complexity index is 892. The monoisotopic (exact) mass is 376 g/mol. The van der Waals surface area contributed by atoms with Crippen LogP contribution in [0.3, 0.4) is 0 Å². The number of thiophene rings is 1. The summed E-state index contributed by atoms with van der Waals surface area (Å²) in [6.07, 6.45) is -2.85. The van der Waals surface area contributed by atoms with Crippen LogP contribution in [-0.2, 0) is 23.9 Å². The van der Waals surface area contributed by atoms with Gasteiger partial charge in [0.1, 0.15) is 0 Å². The fourth-order valence-electron chi connectivity index (χ4n) is 2.52. The third kappa shape index (κ3) is 4.49. The molecule has 0 spiro atoms. The van der Waals surface area contributed by atoms with Gasteiger partial charge in [0.2, 0.25) is 5.91 Å².